The minimum Gasteiger partial charge on any atom is -0.469 e. The van der Waals surface area contributed by atoms with Crippen molar-refractivity contribution >= 4 is 5.96 Å². The standard InChI is InChI=1S/C21H33N3O3/c1-2-26-19-13-18(21(19)8-4-9-21)24-20(23-14-16-7-12-25-15-16)22-10-6-17-5-3-11-27-17/h3,5,11,16,18-19H,2,4,6-10,12-15H2,1H3,(H2,22,23,24). The Morgan fingerprint density at radius 3 is 3.00 bits per heavy atom. The number of nitrogens with one attached hydrogen (secondary N) is 2. The Morgan fingerprint density at radius 2 is 2.33 bits per heavy atom. The lowest BCUT2D eigenvalue weighted by atomic mass is 9.51. The van der Waals surface area contributed by atoms with E-state index in [2.05, 4.69) is 17.6 Å². The van der Waals surface area contributed by atoms with Crippen LogP contribution in [0.15, 0.2) is 27.8 Å². The van der Waals surface area contributed by atoms with E-state index in [4.69, 9.17) is 18.9 Å². The SMILES string of the molecule is CCOC1CC(NC(=NCC2CCOC2)NCCc2ccco2)C12CCC2. The van der Waals surface area contributed by atoms with Crippen molar-refractivity contribution in [1.82, 2.24) is 10.6 Å². The zero-order chi connectivity index (χ0) is 18.5. The van der Waals surface area contributed by atoms with Crippen LogP contribution in [0.5, 0.6) is 0 Å². The number of nitrogens with zero attached hydrogens (tertiary/aromatic N) is 1. The monoisotopic (exact) mass is 375 g/mol. The van der Waals surface area contributed by atoms with E-state index in [1.807, 2.05) is 12.1 Å². The minimum absolute atomic E-state index is 0.329. The average Bonchev–Trinajstić information content (AvgIpc) is 3.30. The Hall–Kier alpha value is -1.53. The van der Waals surface area contributed by atoms with Gasteiger partial charge in [0.1, 0.15) is 5.76 Å². The summed E-state index contributed by atoms with van der Waals surface area (Å²) >= 11 is 0. The van der Waals surface area contributed by atoms with Crippen molar-refractivity contribution in [2.24, 2.45) is 16.3 Å². The van der Waals surface area contributed by atoms with Gasteiger partial charge in [-0.2, -0.15) is 0 Å². The van der Waals surface area contributed by atoms with Crippen LogP contribution in [0.1, 0.15) is 44.8 Å². The molecule has 0 aromatic carbocycles. The number of hydrogen-bond acceptors (Lipinski definition) is 4. The quantitative estimate of drug-likeness (QED) is 0.540. The normalized spacial score (nSPS) is 29.4. The number of rotatable bonds is 8. The lowest BCUT2D eigenvalue weighted by Gasteiger charge is -2.61. The molecule has 4 rings (SSSR count). The average molecular weight is 376 g/mol. The molecular weight excluding hydrogens is 342 g/mol. The van der Waals surface area contributed by atoms with Crippen molar-refractivity contribution in [3.63, 3.8) is 0 Å². The maximum absolute atomic E-state index is 5.99. The van der Waals surface area contributed by atoms with Crippen LogP contribution >= 0.6 is 0 Å². The van der Waals surface area contributed by atoms with Crippen molar-refractivity contribution in [3.8, 4) is 0 Å². The van der Waals surface area contributed by atoms with Crippen molar-refractivity contribution in [2.45, 2.75) is 57.6 Å². The van der Waals surface area contributed by atoms with Gasteiger partial charge >= 0.3 is 0 Å². The van der Waals surface area contributed by atoms with Crippen LogP contribution in [0, 0.1) is 11.3 Å². The smallest absolute Gasteiger partial charge is 0.191 e. The lowest BCUT2D eigenvalue weighted by Crippen LogP contribution is -2.68. The van der Waals surface area contributed by atoms with E-state index < -0.39 is 0 Å². The Morgan fingerprint density at radius 1 is 1.41 bits per heavy atom. The highest BCUT2D eigenvalue weighted by molar-refractivity contribution is 5.80. The van der Waals surface area contributed by atoms with Gasteiger partial charge in [0.05, 0.1) is 19.0 Å². The maximum atomic E-state index is 5.99. The summed E-state index contributed by atoms with van der Waals surface area (Å²) in [6.07, 6.45) is 9.06. The Balaban J connectivity index is 1.34. The third-order valence-electron chi connectivity index (χ3n) is 6.52. The Labute approximate surface area is 162 Å². The van der Waals surface area contributed by atoms with Gasteiger partial charge in [0.25, 0.3) is 0 Å². The molecule has 1 aromatic rings. The van der Waals surface area contributed by atoms with Crippen LogP contribution in [0.2, 0.25) is 0 Å². The van der Waals surface area contributed by atoms with Crippen LogP contribution < -0.4 is 10.6 Å². The van der Waals surface area contributed by atoms with E-state index in [-0.39, 0.29) is 0 Å². The molecule has 3 unspecified atom stereocenters. The van der Waals surface area contributed by atoms with Gasteiger partial charge in [-0.1, -0.05) is 6.42 Å². The first kappa shape index (κ1) is 18.8. The highest BCUT2D eigenvalue weighted by Crippen LogP contribution is 2.57. The van der Waals surface area contributed by atoms with E-state index in [1.165, 1.54) is 19.3 Å². The van der Waals surface area contributed by atoms with Crippen LogP contribution in [-0.4, -0.2) is 51.0 Å². The van der Waals surface area contributed by atoms with Crippen molar-refractivity contribution in [1.29, 1.82) is 0 Å². The van der Waals surface area contributed by atoms with Gasteiger partial charge in [-0.15, -0.1) is 0 Å². The van der Waals surface area contributed by atoms with Crippen LogP contribution in [0.25, 0.3) is 0 Å². The van der Waals surface area contributed by atoms with E-state index in [1.54, 1.807) is 6.26 Å². The van der Waals surface area contributed by atoms with E-state index in [0.717, 1.165) is 63.9 Å². The molecule has 6 nitrogen and oxygen atoms in total. The van der Waals surface area contributed by atoms with Gasteiger partial charge in [0.15, 0.2) is 5.96 Å². The summed E-state index contributed by atoms with van der Waals surface area (Å²) in [6.45, 7) is 6.25. The summed E-state index contributed by atoms with van der Waals surface area (Å²) in [5.41, 5.74) is 0.329. The molecule has 27 heavy (non-hydrogen) atoms. The molecule has 2 heterocycles. The zero-order valence-corrected chi connectivity index (χ0v) is 16.4. The molecule has 0 bridgehead atoms. The molecule has 3 atom stereocenters. The number of aliphatic imine (C=N–C) groups is 1. The molecule has 1 saturated heterocycles. The molecule has 2 saturated carbocycles. The third-order valence-corrected chi connectivity index (χ3v) is 6.52. The number of furan rings is 1. The molecule has 0 amide bonds. The van der Waals surface area contributed by atoms with Crippen LogP contribution in [0.4, 0.5) is 0 Å². The number of hydrogen-bond donors (Lipinski definition) is 2. The first-order valence-electron chi connectivity index (χ1n) is 10.6. The second kappa shape index (κ2) is 8.65. The van der Waals surface area contributed by atoms with Crippen molar-refractivity contribution in [3.05, 3.63) is 24.2 Å². The maximum Gasteiger partial charge on any atom is 0.191 e. The molecule has 0 radical (unpaired) electrons. The second-order valence-corrected chi connectivity index (χ2v) is 8.14. The van der Waals surface area contributed by atoms with Crippen molar-refractivity contribution < 1.29 is 13.9 Å². The fourth-order valence-corrected chi connectivity index (χ4v) is 4.66. The second-order valence-electron chi connectivity index (χ2n) is 8.14. The van der Waals surface area contributed by atoms with E-state index in [0.29, 0.717) is 23.5 Å². The predicted octanol–water partition coefficient (Wildman–Crippen LogP) is 2.74. The Kier molecular flexibility index (Phi) is 6.03. The molecule has 1 aliphatic heterocycles. The molecule has 2 N–H and O–H groups in total. The number of ether oxygens (including phenoxy) is 2. The van der Waals surface area contributed by atoms with Gasteiger partial charge in [0, 0.05) is 50.1 Å². The van der Waals surface area contributed by atoms with Crippen molar-refractivity contribution in [2.75, 3.05) is 32.9 Å². The molecule has 1 spiro atoms. The first-order valence-corrected chi connectivity index (χ1v) is 10.6. The summed E-state index contributed by atoms with van der Waals surface area (Å²) in [6, 6.07) is 4.42. The fraction of sp³-hybridized carbons (Fsp3) is 0.762. The summed E-state index contributed by atoms with van der Waals surface area (Å²) in [4.78, 5) is 4.88. The molecule has 2 aliphatic carbocycles. The van der Waals surface area contributed by atoms with Gasteiger partial charge in [-0.05, 0) is 44.7 Å². The van der Waals surface area contributed by atoms with Gasteiger partial charge in [-0.25, -0.2) is 0 Å². The topological polar surface area (TPSA) is 68.0 Å². The summed E-state index contributed by atoms with van der Waals surface area (Å²) in [5, 5.41) is 7.24. The highest BCUT2D eigenvalue weighted by atomic mass is 16.5. The molecule has 3 aliphatic rings. The molecule has 150 valence electrons. The Bertz CT molecular complexity index is 606. The lowest BCUT2D eigenvalue weighted by molar-refractivity contribution is -0.168. The van der Waals surface area contributed by atoms with Gasteiger partial charge in [-0.3, -0.25) is 4.99 Å². The zero-order valence-electron chi connectivity index (χ0n) is 16.4. The molecule has 1 aromatic heterocycles. The molecule has 6 heteroatoms. The molecular formula is C21H33N3O3. The summed E-state index contributed by atoms with van der Waals surface area (Å²) in [7, 11) is 0. The van der Waals surface area contributed by atoms with Gasteiger partial charge in [0.2, 0.25) is 0 Å². The highest BCUT2D eigenvalue weighted by Gasteiger charge is 2.59. The van der Waals surface area contributed by atoms with Crippen LogP contribution in [0.3, 0.4) is 0 Å². The first-order chi connectivity index (χ1) is 13.3. The van der Waals surface area contributed by atoms with E-state index >= 15 is 0 Å². The summed E-state index contributed by atoms with van der Waals surface area (Å²) < 4.78 is 16.9. The largest absolute Gasteiger partial charge is 0.469 e. The summed E-state index contributed by atoms with van der Waals surface area (Å²) in [5.74, 6) is 2.48. The van der Waals surface area contributed by atoms with E-state index in [9.17, 15) is 0 Å². The minimum atomic E-state index is 0.329. The predicted molar refractivity (Wildman–Crippen MR) is 105 cm³/mol. The van der Waals surface area contributed by atoms with Gasteiger partial charge < -0.3 is 24.5 Å². The fourth-order valence-electron chi connectivity index (χ4n) is 4.66. The number of guanidine groups is 1. The third kappa shape index (κ3) is 4.16. The van der Waals surface area contributed by atoms with Crippen LogP contribution in [-0.2, 0) is 15.9 Å². The molecule has 3 fully saturated rings.